The van der Waals surface area contributed by atoms with Crippen LogP contribution in [-0.4, -0.2) is 55.2 Å². The lowest BCUT2D eigenvalue weighted by atomic mass is 9.71. The molecule has 1 saturated carbocycles. The van der Waals surface area contributed by atoms with Crippen molar-refractivity contribution in [3.63, 3.8) is 0 Å². The number of alkyl halides is 5. The highest BCUT2D eigenvalue weighted by Gasteiger charge is 2.47. The molecule has 1 amide bonds. The highest BCUT2D eigenvalue weighted by atomic mass is 35.5. The fourth-order valence-electron chi connectivity index (χ4n) is 4.86. The van der Waals surface area contributed by atoms with Crippen molar-refractivity contribution in [3.05, 3.63) is 34.5 Å². The van der Waals surface area contributed by atoms with E-state index in [1.165, 1.54) is 16.8 Å². The number of ether oxygens (including phenoxy) is 1. The summed E-state index contributed by atoms with van der Waals surface area (Å²) >= 11 is 5.83. The van der Waals surface area contributed by atoms with Crippen molar-refractivity contribution < 1.29 is 45.0 Å². The second kappa shape index (κ2) is 14.7. The predicted octanol–water partition coefficient (Wildman–Crippen LogP) is 6.20. The zero-order chi connectivity index (χ0) is 31.9. The first-order valence-electron chi connectivity index (χ1n) is 13.3. The molecule has 1 aromatic carbocycles. The highest BCUT2D eigenvalue weighted by molar-refractivity contribution is 7.51. The number of rotatable bonds is 10. The van der Waals surface area contributed by atoms with Crippen LogP contribution >= 0.6 is 11.6 Å². The first-order chi connectivity index (χ1) is 19.5. The van der Waals surface area contributed by atoms with Crippen molar-refractivity contribution in [2.24, 2.45) is 16.7 Å². The molecule has 2 N–H and O–H groups in total. The maximum absolute atomic E-state index is 13.4. The number of nitrogens with zero attached hydrogens (tertiary/aromatic N) is 2. The monoisotopic (exact) mass is 643 g/mol. The lowest BCUT2D eigenvalue weighted by molar-refractivity contribution is -0.211. The molecule has 1 aliphatic carbocycles. The van der Waals surface area contributed by atoms with E-state index in [1.54, 1.807) is 6.92 Å². The lowest BCUT2D eigenvalue weighted by Gasteiger charge is -2.38. The van der Waals surface area contributed by atoms with Crippen LogP contribution in [0.2, 0.25) is 5.02 Å². The Balaban J connectivity index is 0.00000197. The van der Waals surface area contributed by atoms with Crippen LogP contribution in [0.25, 0.3) is 11.3 Å². The molecule has 1 fully saturated rings. The summed E-state index contributed by atoms with van der Waals surface area (Å²) in [4.78, 5) is 13.1. The molecular formula is C27H35ClF5N3O5S. The summed E-state index contributed by atoms with van der Waals surface area (Å²) in [6, 6.07) is 3.87. The fourth-order valence-corrected chi connectivity index (χ4v) is 5.19. The van der Waals surface area contributed by atoms with E-state index in [-0.39, 0.29) is 53.0 Å². The molecule has 1 aromatic heterocycles. The Morgan fingerprint density at radius 2 is 1.86 bits per heavy atom. The van der Waals surface area contributed by atoms with Crippen molar-refractivity contribution in [1.82, 2.24) is 15.1 Å². The number of aryl methyl sites for hydroxylation is 1. The van der Waals surface area contributed by atoms with Crippen LogP contribution in [0.4, 0.5) is 22.0 Å². The summed E-state index contributed by atoms with van der Waals surface area (Å²) in [7, 11) is 0. The van der Waals surface area contributed by atoms with Crippen molar-refractivity contribution in [2.45, 2.75) is 79.1 Å². The maximum atomic E-state index is 13.4. The first kappa shape index (κ1) is 35.6. The summed E-state index contributed by atoms with van der Waals surface area (Å²) in [5.41, 5.74) is -2.34. The molecule has 0 saturated heterocycles. The van der Waals surface area contributed by atoms with Crippen molar-refractivity contribution in [1.29, 1.82) is 0 Å². The van der Waals surface area contributed by atoms with Gasteiger partial charge < -0.3 is 15.2 Å². The Labute approximate surface area is 249 Å². The third-order valence-corrected chi connectivity index (χ3v) is 7.99. The van der Waals surface area contributed by atoms with Gasteiger partial charge in [-0.2, -0.15) is 35.5 Å². The quantitative estimate of drug-likeness (QED) is 0.298. The van der Waals surface area contributed by atoms with Crippen molar-refractivity contribution in [2.75, 3.05) is 13.2 Å². The van der Waals surface area contributed by atoms with E-state index in [9.17, 15) is 31.9 Å². The number of hydrogen-bond acceptors (Lipinski definition) is 6. The SMILES string of the molecule is CCn1nc(C(=O)NCC2(CO)CCC(C)CC2)c(Cl)c1-c1ccc(CC(C)(C)C(F)(F)F)cc1OC(F)F.O=S=O. The number of carbonyl (C=O) groups excluding carboxylic acids is 1. The zero-order valence-corrected chi connectivity index (χ0v) is 25.3. The minimum atomic E-state index is -4.51. The number of carbonyl (C=O) groups is 1. The van der Waals surface area contributed by atoms with Crippen molar-refractivity contribution >= 4 is 29.1 Å². The van der Waals surface area contributed by atoms with Gasteiger partial charge in [0.2, 0.25) is 0 Å². The smallest absolute Gasteiger partial charge is 0.394 e. The molecule has 15 heteroatoms. The lowest BCUT2D eigenvalue weighted by Crippen LogP contribution is -2.42. The fraction of sp³-hybridized carbons (Fsp3) is 0.630. The van der Waals surface area contributed by atoms with Crippen LogP contribution in [0.15, 0.2) is 18.2 Å². The van der Waals surface area contributed by atoms with Gasteiger partial charge in [-0.15, -0.1) is 0 Å². The van der Waals surface area contributed by atoms with Gasteiger partial charge in [0.15, 0.2) is 5.69 Å². The molecule has 1 heterocycles. The average Bonchev–Trinajstić information content (AvgIpc) is 3.24. The van der Waals surface area contributed by atoms with E-state index < -0.39 is 47.5 Å². The maximum Gasteiger partial charge on any atom is 0.394 e. The molecule has 236 valence electrons. The van der Waals surface area contributed by atoms with Crippen LogP contribution in [0, 0.1) is 16.7 Å². The molecule has 42 heavy (non-hydrogen) atoms. The third-order valence-electron chi connectivity index (χ3n) is 7.63. The molecule has 0 radical (unpaired) electrons. The molecule has 3 rings (SSSR count). The molecule has 0 unspecified atom stereocenters. The average molecular weight is 644 g/mol. The molecule has 2 aromatic rings. The van der Waals surface area contributed by atoms with Gasteiger partial charge in [-0.25, -0.2) is 0 Å². The second-order valence-electron chi connectivity index (χ2n) is 11.2. The Hall–Kier alpha value is -2.58. The highest BCUT2D eigenvalue weighted by Crippen LogP contribution is 2.43. The van der Waals surface area contributed by atoms with E-state index in [4.69, 9.17) is 20.0 Å². The summed E-state index contributed by atoms with van der Waals surface area (Å²) < 4.78 is 89.5. The largest absolute Gasteiger partial charge is 0.434 e. The zero-order valence-electron chi connectivity index (χ0n) is 23.7. The molecule has 8 nitrogen and oxygen atoms in total. The van der Waals surface area contributed by atoms with E-state index in [1.807, 2.05) is 0 Å². The Kier molecular flexibility index (Phi) is 12.5. The number of halogens is 6. The van der Waals surface area contributed by atoms with Crippen LogP contribution in [-0.2, 0) is 24.5 Å². The Morgan fingerprint density at radius 3 is 2.36 bits per heavy atom. The Morgan fingerprint density at radius 1 is 1.26 bits per heavy atom. The number of aromatic nitrogens is 2. The van der Waals surface area contributed by atoms with E-state index in [0.717, 1.165) is 45.6 Å². The summed E-state index contributed by atoms with van der Waals surface area (Å²) in [5.74, 6) is -0.410. The summed E-state index contributed by atoms with van der Waals surface area (Å²) in [6.07, 6.45) is -1.56. The van der Waals surface area contributed by atoms with Gasteiger partial charge in [-0.05, 0) is 49.8 Å². The van der Waals surface area contributed by atoms with Gasteiger partial charge in [0.25, 0.3) is 5.91 Å². The minimum Gasteiger partial charge on any atom is -0.434 e. The van der Waals surface area contributed by atoms with E-state index >= 15 is 0 Å². The van der Waals surface area contributed by atoms with Gasteiger partial charge >= 0.3 is 24.4 Å². The van der Waals surface area contributed by atoms with Crippen LogP contribution < -0.4 is 10.1 Å². The topological polar surface area (TPSA) is 111 Å². The molecule has 0 aliphatic heterocycles. The number of aliphatic hydroxyl groups excluding tert-OH is 1. The first-order valence-corrected chi connectivity index (χ1v) is 14.3. The molecule has 0 spiro atoms. The van der Waals surface area contributed by atoms with E-state index in [2.05, 4.69) is 22.1 Å². The van der Waals surface area contributed by atoms with Crippen molar-refractivity contribution in [3.8, 4) is 17.0 Å². The molecule has 0 bridgehead atoms. The standard InChI is InChI=1S/C27H35ClF5N3O3.O2S/c1-5-36-22(18-7-6-17(12-19(18)39-24(29)30)13-25(3,4)27(31,32)33)20(28)21(35-36)23(38)34-14-26(15-37)10-8-16(2)9-11-26;1-3-2/h6-7,12,16,24,37H,5,8-11,13-15H2,1-4H3,(H,34,38);. The Bertz CT molecular complexity index is 1260. The molecule has 0 atom stereocenters. The van der Waals surface area contributed by atoms with Gasteiger partial charge in [0.05, 0.1) is 22.7 Å². The second-order valence-corrected chi connectivity index (χ2v) is 11.7. The van der Waals surface area contributed by atoms with Crippen LogP contribution in [0.5, 0.6) is 5.75 Å². The van der Waals surface area contributed by atoms with Gasteiger partial charge in [-0.3, -0.25) is 9.48 Å². The van der Waals surface area contributed by atoms with Gasteiger partial charge in [0, 0.05) is 24.1 Å². The number of benzene rings is 1. The van der Waals surface area contributed by atoms with Gasteiger partial charge in [-0.1, -0.05) is 51.3 Å². The number of hydrogen-bond donors (Lipinski definition) is 2. The van der Waals surface area contributed by atoms with Gasteiger partial charge in [0.1, 0.15) is 5.75 Å². The van der Waals surface area contributed by atoms with E-state index in [0.29, 0.717) is 5.92 Å². The minimum absolute atomic E-state index is 0.0651. The normalized spacial score (nSPS) is 19.2. The molecular weight excluding hydrogens is 609 g/mol. The summed E-state index contributed by atoms with van der Waals surface area (Å²) in [6.45, 7) is 3.03. The van der Waals surface area contributed by atoms with Crippen LogP contribution in [0.1, 0.15) is 69.4 Å². The molecule has 1 aliphatic rings. The third kappa shape index (κ3) is 8.73. The summed E-state index contributed by atoms with van der Waals surface area (Å²) in [5, 5.41) is 17.0. The predicted molar refractivity (Wildman–Crippen MR) is 147 cm³/mol. The number of aliphatic hydroxyl groups is 1. The number of amides is 1. The number of nitrogens with one attached hydrogen (secondary N) is 1. The van der Waals surface area contributed by atoms with Crippen LogP contribution in [0.3, 0.4) is 0 Å².